The molecule has 9 aromatic rings. The minimum absolute atomic E-state index is 0.0201. The summed E-state index contributed by atoms with van der Waals surface area (Å²) in [5, 5.41) is 5.62. The topological polar surface area (TPSA) is 42.2 Å². The lowest BCUT2D eigenvalue weighted by atomic mass is 9.84. The van der Waals surface area contributed by atoms with Gasteiger partial charge in [-0.2, -0.15) is 0 Å². The Morgan fingerprint density at radius 3 is 2.13 bits per heavy atom. The van der Waals surface area contributed by atoms with Gasteiger partial charge in [-0.25, -0.2) is 9.97 Å². The molecule has 0 atom stereocenters. The molecule has 52 heavy (non-hydrogen) atoms. The normalized spacial score (nSPS) is 12.5. The number of hydrogen-bond donors (Lipinski definition) is 0. The quantitative estimate of drug-likeness (QED) is 0.184. The Morgan fingerprint density at radius 2 is 1.35 bits per heavy atom. The van der Waals surface area contributed by atoms with Crippen LogP contribution in [0.2, 0.25) is 0 Å². The van der Waals surface area contributed by atoms with Crippen LogP contribution in [0.25, 0.3) is 64.3 Å². The first-order chi connectivity index (χ1) is 24.9. The third-order valence-electron chi connectivity index (χ3n) is 10.2. The lowest BCUT2D eigenvalue weighted by Crippen LogP contribution is -2.17. The maximum Gasteiger partial charge on any atom is 0.143 e. The number of rotatable bonds is 4. The van der Waals surface area contributed by atoms with E-state index in [4.69, 9.17) is 14.4 Å². The Bertz CT molecular complexity index is 2830. The van der Waals surface area contributed by atoms with Crippen molar-refractivity contribution >= 4 is 81.7 Å². The van der Waals surface area contributed by atoms with Gasteiger partial charge in [0, 0.05) is 37.5 Å². The van der Waals surface area contributed by atoms with Gasteiger partial charge in [-0.3, -0.25) is 4.90 Å². The standard InChI is InChI=1S/C47H41N3OS/c1-28-23-39(49-43-35-25-29-15-11-12-20-34(29)44-41(35)42-37(51-44)21-14-22-38(42)52-45(28)43)50(33-18-9-8-10-19-33)40-27-32(47(5,6)7)26-36(48-40)30-16-13-17-31(24-30)46(2,3)4/h8-27H,1-7H3. The first kappa shape index (κ1) is 32.4. The maximum absolute atomic E-state index is 6.65. The summed E-state index contributed by atoms with van der Waals surface area (Å²) in [5.41, 5.74) is 9.40. The molecular weight excluding hydrogens is 655 g/mol. The Labute approximate surface area is 308 Å². The summed E-state index contributed by atoms with van der Waals surface area (Å²) in [6.45, 7) is 15.8. The van der Waals surface area contributed by atoms with Crippen LogP contribution in [0.5, 0.6) is 0 Å². The highest BCUT2D eigenvalue weighted by Gasteiger charge is 2.25. The molecule has 0 amide bonds. The summed E-state index contributed by atoms with van der Waals surface area (Å²) in [6, 6.07) is 43.3. The molecule has 0 spiro atoms. The molecule has 4 nitrogen and oxygen atoms in total. The van der Waals surface area contributed by atoms with Crippen molar-refractivity contribution in [3.63, 3.8) is 0 Å². The SMILES string of the molecule is Cc1cc(N(c2ccccc2)c2cc(C(C)(C)C)cc(-c3cccc(C(C)(C)C)c3)n2)nc2c1sc1cccc3oc4c5ccccc5cc2c4c31. The summed E-state index contributed by atoms with van der Waals surface area (Å²) in [6.07, 6.45) is 0. The van der Waals surface area contributed by atoms with Gasteiger partial charge in [0.25, 0.3) is 0 Å². The number of hydrogen-bond acceptors (Lipinski definition) is 5. The van der Waals surface area contributed by atoms with Crippen molar-refractivity contribution in [3.05, 3.63) is 138 Å². The zero-order valence-electron chi connectivity index (χ0n) is 30.7. The molecule has 0 radical (unpaired) electrons. The number of benzene rings is 5. The molecular formula is C47H41N3OS. The van der Waals surface area contributed by atoms with E-state index in [0.29, 0.717) is 0 Å². The van der Waals surface area contributed by atoms with Crippen LogP contribution in [0.15, 0.2) is 126 Å². The summed E-state index contributed by atoms with van der Waals surface area (Å²) in [5.74, 6) is 1.66. The van der Waals surface area contributed by atoms with E-state index >= 15 is 0 Å². The molecule has 4 aromatic heterocycles. The van der Waals surface area contributed by atoms with Crippen LogP contribution < -0.4 is 4.90 Å². The van der Waals surface area contributed by atoms with Crippen LogP contribution in [0, 0.1) is 6.92 Å². The van der Waals surface area contributed by atoms with Gasteiger partial charge < -0.3 is 4.42 Å². The molecule has 0 aliphatic heterocycles. The van der Waals surface area contributed by atoms with Gasteiger partial charge in [0.05, 0.1) is 15.9 Å². The number of aromatic nitrogens is 2. The van der Waals surface area contributed by atoms with Crippen molar-refractivity contribution in [2.75, 3.05) is 4.90 Å². The van der Waals surface area contributed by atoms with Gasteiger partial charge in [-0.1, -0.05) is 108 Å². The molecule has 0 saturated heterocycles. The van der Waals surface area contributed by atoms with Gasteiger partial charge >= 0.3 is 0 Å². The molecule has 256 valence electrons. The van der Waals surface area contributed by atoms with Gasteiger partial charge in [-0.05, 0) is 94.4 Å². The van der Waals surface area contributed by atoms with Gasteiger partial charge in [-0.15, -0.1) is 11.3 Å². The number of aryl methyl sites for hydroxylation is 1. The molecule has 0 fully saturated rings. The van der Waals surface area contributed by atoms with E-state index in [2.05, 4.69) is 175 Å². The highest BCUT2D eigenvalue weighted by atomic mass is 32.1. The Morgan fingerprint density at radius 1 is 0.615 bits per heavy atom. The predicted molar refractivity (Wildman–Crippen MR) is 222 cm³/mol. The van der Waals surface area contributed by atoms with Crippen molar-refractivity contribution < 1.29 is 4.42 Å². The Kier molecular flexibility index (Phi) is 7.32. The molecule has 0 aliphatic carbocycles. The van der Waals surface area contributed by atoms with E-state index in [9.17, 15) is 0 Å². The Balaban J connectivity index is 1.37. The minimum atomic E-state index is -0.112. The maximum atomic E-state index is 6.65. The van der Waals surface area contributed by atoms with Crippen molar-refractivity contribution in [1.29, 1.82) is 0 Å². The largest absolute Gasteiger partial charge is 0.455 e. The lowest BCUT2D eigenvalue weighted by molar-refractivity contribution is 0.588. The van der Waals surface area contributed by atoms with Crippen LogP contribution in [-0.4, -0.2) is 9.97 Å². The number of fused-ring (bicyclic) bond motifs is 4. The lowest BCUT2D eigenvalue weighted by Gasteiger charge is -2.28. The fourth-order valence-electron chi connectivity index (χ4n) is 7.39. The molecule has 4 heterocycles. The number of anilines is 3. The van der Waals surface area contributed by atoms with E-state index in [0.717, 1.165) is 82.5 Å². The second-order valence-corrected chi connectivity index (χ2v) is 17.1. The molecule has 0 aliphatic rings. The predicted octanol–water partition coefficient (Wildman–Crippen LogP) is 13.9. The summed E-state index contributed by atoms with van der Waals surface area (Å²) in [4.78, 5) is 13.3. The van der Waals surface area contributed by atoms with E-state index in [1.54, 1.807) is 11.3 Å². The molecule has 0 unspecified atom stereocenters. The highest BCUT2D eigenvalue weighted by Crippen LogP contribution is 2.46. The minimum Gasteiger partial charge on any atom is -0.455 e. The third kappa shape index (κ3) is 5.34. The van der Waals surface area contributed by atoms with Crippen LogP contribution in [0.4, 0.5) is 17.3 Å². The molecule has 0 N–H and O–H groups in total. The number of furan rings is 1. The molecule has 5 heteroatoms. The van der Waals surface area contributed by atoms with Gasteiger partial charge in [0.1, 0.15) is 22.8 Å². The zero-order chi connectivity index (χ0) is 35.9. The molecule has 0 bridgehead atoms. The van der Waals surface area contributed by atoms with Crippen molar-refractivity contribution in [1.82, 2.24) is 9.97 Å². The number of nitrogens with zero attached hydrogens (tertiary/aromatic N) is 3. The van der Waals surface area contributed by atoms with E-state index in [1.165, 1.54) is 15.8 Å². The second kappa shape index (κ2) is 11.8. The van der Waals surface area contributed by atoms with Crippen LogP contribution in [0.1, 0.15) is 58.2 Å². The summed E-state index contributed by atoms with van der Waals surface area (Å²) in [7, 11) is 0. The molecule has 5 aromatic carbocycles. The first-order valence-electron chi connectivity index (χ1n) is 18.0. The average Bonchev–Trinajstić information content (AvgIpc) is 3.46. The van der Waals surface area contributed by atoms with Crippen molar-refractivity contribution in [2.45, 2.75) is 59.3 Å². The highest BCUT2D eigenvalue weighted by molar-refractivity contribution is 7.24. The number of pyridine rings is 2. The van der Waals surface area contributed by atoms with Crippen molar-refractivity contribution in [2.24, 2.45) is 0 Å². The molecule has 9 rings (SSSR count). The van der Waals surface area contributed by atoms with Gasteiger partial charge in [0.2, 0.25) is 0 Å². The van der Waals surface area contributed by atoms with E-state index < -0.39 is 0 Å². The monoisotopic (exact) mass is 695 g/mol. The molecule has 0 saturated carbocycles. The fraction of sp³-hybridized carbons (Fsp3) is 0.191. The average molecular weight is 696 g/mol. The summed E-state index contributed by atoms with van der Waals surface area (Å²) >= 11 is 1.78. The third-order valence-corrected chi connectivity index (χ3v) is 11.5. The van der Waals surface area contributed by atoms with E-state index in [1.807, 2.05) is 0 Å². The van der Waals surface area contributed by atoms with Gasteiger partial charge in [0.15, 0.2) is 0 Å². The Hall–Kier alpha value is -5.52. The summed E-state index contributed by atoms with van der Waals surface area (Å²) < 4.78 is 9.00. The second-order valence-electron chi connectivity index (χ2n) is 16.0. The first-order valence-corrected chi connectivity index (χ1v) is 18.8. The van der Waals surface area contributed by atoms with E-state index in [-0.39, 0.29) is 10.8 Å². The van der Waals surface area contributed by atoms with Crippen molar-refractivity contribution in [3.8, 4) is 11.3 Å². The smallest absolute Gasteiger partial charge is 0.143 e. The zero-order valence-corrected chi connectivity index (χ0v) is 31.5. The van der Waals surface area contributed by atoms with Crippen LogP contribution >= 0.6 is 11.3 Å². The fourth-order valence-corrected chi connectivity index (χ4v) is 8.53. The van der Waals surface area contributed by atoms with Crippen LogP contribution in [0.3, 0.4) is 0 Å². The van der Waals surface area contributed by atoms with Crippen LogP contribution in [-0.2, 0) is 10.8 Å². The number of para-hydroxylation sites is 1.